The van der Waals surface area contributed by atoms with Crippen LogP contribution in [-0.2, 0) is 12.6 Å². The number of nitrogens with zero attached hydrogens (tertiary/aromatic N) is 3. The Labute approximate surface area is 240 Å². The fourth-order valence-electron chi connectivity index (χ4n) is 5.07. The molecular formula is C29H22F5N3O6. The molecule has 1 unspecified atom stereocenters. The number of hydrogen-bond donors (Lipinski definition) is 1. The van der Waals surface area contributed by atoms with Gasteiger partial charge in [-0.2, -0.15) is 18.3 Å². The van der Waals surface area contributed by atoms with E-state index in [1.54, 1.807) is 25.1 Å². The molecular weight excluding hydrogens is 581 g/mol. The molecule has 0 saturated carbocycles. The molecule has 2 aromatic carbocycles. The van der Waals surface area contributed by atoms with Crippen molar-refractivity contribution in [1.82, 2.24) is 14.8 Å². The van der Waals surface area contributed by atoms with E-state index in [0.717, 1.165) is 6.20 Å². The first kappa shape index (κ1) is 28.2. The number of pyridine rings is 1. The Hall–Kier alpha value is -4.88. The molecule has 0 radical (unpaired) electrons. The number of carboxylic acids is 1. The molecule has 43 heavy (non-hydrogen) atoms. The van der Waals surface area contributed by atoms with E-state index < -0.39 is 36.3 Å². The number of hydrogen-bond acceptors (Lipinski definition) is 7. The second-order valence-corrected chi connectivity index (χ2v) is 9.93. The largest absolute Gasteiger partial charge is 0.586 e. The summed E-state index contributed by atoms with van der Waals surface area (Å²) in [6.45, 7) is 1.62. The maximum atomic E-state index is 14.1. The number of halogens is 5. The van der Waals surface area contributed by atoms with Crippen molar-refractivity contribution in [1.29, 1.82) is 0 Å². The fourth-order valence-corrected chi connectivity index (χ4v) is 5.07. The SMILES string of the molecule is C[C@H](Oc1cccc(-n2nc(C(F)(F)F)c3c2C(Oc2ccc(C(=O)O)cc2)CCC3)c1)c1cc2c(cn1)OC(F)(F)O2. The molecule has 224 valence electrons. The summed E-state index contributed by atoms with van der Waals surface area (Å²) in [5, 5.41) is 13.1. The number of carbonyl (C=O) groups is 1. The van der Waals surface area contributed by atoms with Crippen LogP contribution in [0.25, 0.3) is 5.69 Å². The van der Waals surface area contributed by atoms with Gasteiger partial charge in [0.2, 0.25) is 0 Å². The predicted octanol–water partition coefficient (Wildman–Crippen LogP) is 6.90. The van der Waals surface area contributed by atoms with Crippen LogP contribution in [0.15, 0.2) is 60.8 Å². The second-order valence-electron chi connectivity index (χ2n) is 9.93. The van der Waals surface area contributed by atoms with Crippen LogP contribution in [0, 0.1) is 0 Å². The molecule has 0 spiro atoms. The topological polar surface area (TPSA) is 105 Å². The van der Waals surface area contributed by atoms with Gasteiger partial charge in [0.25, 0.3) is 0 Å². The van der Waals surface area contributed by atoms with Crippen molar-refractivity contribution in [2.45, 2.75) is 50.9 Å². The van der Waals surface area contributed by atoms with Crippen molar-refractivity contribution in [3.63, 3.8) is 0 Å². The predicted molar refractivity (Wildman–Crippen MR) is 138 cm³/mol. The number of carboxylic acid groups (broad SMARTS) is 1. The molecule has 6 rings (SSSR count). The molecule has 1 N–H and O–H groups in total. The lowest BCUT2D eigenvalue weighted by Crippen LogP contribution is -2.25. The van der Waals surface area contributed by atoms with Gasteiger partial charge in [-0.25, -0.2) is 9.48 Å². The summed E-state index contributed by atoms with van der Waals surface area (Å²) in [6.07, 6.45) is -8.03. The third-order valence-electron chi connectivity index (χ3n) is 6.97. The van der Waals surface area contributed by atoms with Crippen LogP contribution in [0.1, 0.15) is 65.0 Å². The molecule has 0 amide bonds. The van der Waals surface area contributed by atoms with E-state index in [-0.39, 0.29) is 51.9 Å². The number of ether oxygens (including phenoxy) is 4. The summed E-state index contributed by atoms with van der Waals surface area (Å²) < 4.78 is 91.1. The highest BCUT2D eigenvalue weighted by atomic mass is 19.4. The number of rotatable bonds is 7. The van der Waals surface area contributed by atoms with Gasteiger partial charge in [0, 0.05) is 17.7 Å². The standard InChI is InChI=1S/C29H22F5N3O6/c1-15(21-13-23-24(14-35-21)43-29(33,34)42-23)40-19-5-2-4-17(12-19)37-25-20(26(36-37)28(30,31)32)6-3-7-22(25)41-18-10-8-16(9-11-18)27(38)39/h2,4-5,8-15,22H,3,6-7H2,1H3,(H,38,39)/t15-,22?/m0/s1. The Morgan fingerprint density at radius 3 is 2.56 bits per heavy atom. The van der Waals surface area contributed by atoms with Crippen molar-refractivity contribution in [2.75, 3.05) is 0 Å². The van der Waals surface area contributed by atoms with Crippen LogP contribution >= 0.6 is 0 Å². The molecule has 1 aliphatic carbocycles. The number of aromatic carboxylic acids is 1. The quantitative estimate of drug-likeness (QED) is 0.228. The van der Waals surface area contributed by atoms with E-state index in [4.69, 9.17) is 14.6 Å². The second kappa shape index (κ2) is 10.4. The van der Waals surface area contributed by atoms with Crippen molar-refractivity contribution in [3.8, 4) is 28.7 Å². The lowest BCUT2D eigenvalue weighted by molar-refractivity contribution is -0.286. The van der Waals surface area contributed by atoms with Gasteiger partial charge in [0.1, 0.15) is 23.7 Å². The van der Waals surface area contributed by atoms with Crippen molar-refractivity contribution < 1.29 is 50.8 Å². The maximum Gasteiger partial charge on any atom is 0.586 e. The molecule has 0 saturated heterocycles. The van der Waals surface area contributed by atoms with Gasteiger partial charge in [-0.3, -0.25) is 4.98 Å². The van der Waals surface area contributed by atoms with Gasteiger partial charge in [0.15, 0.2) is 17.2 Å². The fraction of sp³-hybridized carbons (Fsp3) is 0.276. The molecule has 0 fully saturated rings. The average molecular weight is 604 g/mol. The lowest BCUT2D eigenvalue weighted by Gasteiger charge is -2.26. The van der Waals surface area contributed by atoms with Crippen molar-refractivity contribution in [2.24, 2.45) is 0 Å². The van der Waals surface area contributed by atoms with Crippen LogP contribution in [0.2, 0.25) is 0 Å². The minimum atomic E-state index is -4.72. The van der Waals surface area contributed by atoms with Gasteiger partial charge >= 0.3 is 18.4 Å². The van der Waals surface area contributed by atoms with Crippen LogP contribution in [-0.4, -0.2) is 32.1 Å². The average Bonchev–Trinajstić information content (AvgIpc) is 3.50. The molecule has 2 aliphatic rings. The summed E-state index contributed by atoms with van der Waals surface area (Å²) >= 11 is 0. The van der Waals surface area contributed by atoms with Crippen LogP contribution in [0.3, 0.4) is 0 Å². The number of alkyl halides is 5. The highest BCUT2D eigenvalue weighted by Crippen LogP contribution is 2.43. The lowest BCUT2D eigenvalue weighted by atomic mass is 9.93. The van der Waals surface area contributed by atoms with Gasteiger partial charge in [0.05, 0.1) is 28.8 Å². The monoisotopic (exact) mass is 603 g/mol. The minimum Gasteiger partial charge on any atom is -0.484 e. The Kier molecular flexibility index (Phi) is 6.86. The summed E-state index contributed by atoms with van der Waals surface area (Å²) in [5.74, 6) is -0.993. The van der Waals surface area contributed by atoms with E-state index in [2.05, 4.69) is 19.6 Å². The van der Waals surface area contributed by atoms with Crippen LogP contribution in [0.5, 0.6) is 23.0 Å². The maximum absolute atomic E-state index is 14.1. The summed E-state index contributed by atoms with van der Waals surface area (Å²) in [4.78, 5) is 15.3. The van der Waals surface area contributed by atoms with Gasteiger partial charge in [-0.05, 0) is 62.6 Å². The first-order valence-electron chi connectivity index (χ1n) is 13.1. The minimum absolute atomic E-state index is 0.0203. The molecule has 3 heterocycles. The molecule has 14 heteroatoms. The van der Waals surface area contributed by atoms with Crippen LogP contribution in [0.4, 0.5) is 22.0 Å². The van der Waals surface area contributed by atoms with Gasteiger partial charge in [-0.1, -0.05) is 6.07 Å². The third-order valence-corrected chi connectivity index (χ3v) is 6.97. The molecule has 9 nitrogen and oxygen atoms in total. The van der Waals surface area contributed by atoms with E-state index in [1.807, 2.05) is 0 Å². The normalized spacial score (nSPS) is 17.7. The third kappa shape index (κ3) is 5.64. The number of aromatic nitrogens is 3. The van der Waals surface area contributed by atoms with E-state index in [0.29, 0.717) is 18.6 Å². The van der Waals surface area contributed by atoms with E-state index >= 15 is 0 Å². The van der Waals surface area contributed by atoms with Crippen molar-refractivity contribution in [3.05, 3.63) is 89.0 Å². The Morgan fingerprint density at radius 2 is 1.84 bits per heavy atom. The summed E-state index contributed by atoms with van der Waals surface area (Å²) in [6, 6.07) is 13.1. The zero-order valence-electron chi connectivity index (χ0n) is 22.3. The zero-order valence-corrected chi connectivity index (χ0v) is 22.3. The Balaban J connectivity index is 1.31. The Morgan fingerprint density at radius 1 is 1.09 bits per heavy atom. The summed E-state index contributed by atoms with van der Waals surface area (Å²) in [7, 11) is 0. The molecule has 1 aliphatic heterocycles. The highest BCUT2D eigenvalue weighted by molar-refractivity contribution is 5.87. The van der Waals surface area contributed by atoms with Gasteiger partial charge in [-0.15, -0.1) is 8.78 Å². The number of fused-ring (bicyclic) bond motifs is 2. The van der Waals surface area contributed by atoms with Gasteiger partial charge < -0.3 is 24.1 Å². The smallest absolute Gasteiger partial charge is 0.484 e. The van der Waals surface area contributed by atoms with Crippen molar-refractivity contribution >= 4 is 5.97 Å². The molecule has 2 atom stereocenters. The zero-order chi connectivity index (χ0) is 30.5. The van der Waals surface area contributed by atoms with E-state index in [9.17, 15) is 26.7 Å². The molecule has 4 aromatic rings. The van der Waals surface area contributed by atoms with E-state index in [1.165, 1.54) is 41.1 Å². The number of benzene rings is 2. The highest BCUT2D eigenvalue weighted by Gasteiger charge is 2.44. The molecule has 0 bridgehead atoms. The first-order valence-corrected chi connectivity index (χ1v) is 13.1. The van der Waals surface area contributed by atoms with Crippen LogP contribution < -0.4 is 18.9 Å². The molecule has 2 aromatic heterocycles. The Bertz CT molecular complexity index is 1690. The first-order chi connectivity index (χ1) is 20.4. The summed E-state index contributed by atoms with van der Waals surface area (Å²) in [5.41, 5.74) is -0.203.